The van der Waals surface area contributed by atoms with Crippen molar-refractivity contribution in [1.29, 1.82) is 0 Å². The first-order valence-corrected chi connectivity index (χ1v) is 7.40. The summed E-state index contributed by atoms with van der Waals surface area (Å²) in [7, 11) is 0. The number of ketones is 2. The van der Waals surface area contributed by atoms with Gasteiger partial charge in [-0.2, -0.15) is 0 Å². The minimum absolute atomic E-state index is 0.120. The SMILES string of the molecule is CCCCNc1ccc(F)c2c1C(=O)c1ccccc1C2=O. The van der Waals surface area contributed by atoms with Crippen LogP contribution in [0.4, 0.5) is 10.1 Å². The van der Waals surface area contributed by atoms with Gasteiger partial charge < -0.3 is 5.32 Å². The summed E-state index contributed by atoms with van der Waals surface area (Å²) >= 11 is 0. The molecule has 4 heteroatoms. The predicted molar refractivity (Wildman–Crippen MR) is 83.1 cm³/mol. The van der Waals surface area contributed by atoms with Crippen LogP contribution in [0.3, 0.4) is 0 Å². The summed E-state index contributed by atoms with van der Waals surface area (Å²) in [6.07, 6.45) is 1.94. The van der Waals surface area contributed by atoms with Crippen molar-refractivity contribution >= 4 is 17.3 Å². The van der Waals surface area contributed by atoms with Crippen LogP contribution in [0.25, 0.3) is 0 Å². The van der Waals surface area contributed by atoms with Crippen LogP contribution in [0.1, 0.15) is 51.6 Å². The zero-order chi connectivity index (χ0) is 15.7. The average molecular weight is 297 g/mol. The van der Waals surface area contributed by atoms with E-state index in [1.54, 1.807) is 24.3 Å². The Morgan fingerprint density at radius 1 is 0.955 bits per heavy atom. The van der Waals surface area contributed by atoms with Crippen molar-refractivity contribution in [3.05, 3.63) is 64.5 Å². The van der Waals surface area contributed by atoms with Gasteiger partial charge in [0.05, 0.1) is 11.1 Å². The van der Waals surface area contributed by atoms with E-state index >= 15 is 0 Å². The second-order valence-electron chi connectivity index (χ2n) is 5.33. The molecule has 0 saturated carbocycles. The molecule has 1 N–H and O–H groups in total. The van der Waals surface area contributed by atoms with Gasteiger partial charge in [0.25, 0.3) is 0 Å². The normalized spacial score (nSPS) is 12.8. The van der Waals surface area contributed by atoms with Crippen molar-refractivity contribution in [1.82, 2.24) is 0 Å². The fourth-order valence-corrected chi connectivity index (χ4v) is 2.73. The number of carbonyl (C=O) groups is 2. The van der Waals surface area contributed by atoms with Gasteiger partial charge in [-0.25, -0.2) is 4.39 Å². The number of unbranched alkanes of at least 4 members (excludes halogenated alkanes) is 1. The maximum atomic E-state index is 14.2. The molecule has 1 aliphatic rings. The molecule has 0 fully saturated rings. The molecule has 0 saturated heterocycles. The molecule has 112 valence electrons. The Morgan fingerprint density at radius 3 is 2.23 bits per heavy atom. The number of rotatable bonds is 4. The number of benzene rings is 2. The van der Waals surface area contributed by atoms with Gasteiger partial charge in [-0.05, 0) is 18.6 Å². The molecule has 0 spiro atoms. The van der Waals surface area contributed by atoms with Crippen molar-refractivity contribution in [3.63, 3.8) is 0 Å². The van der Waals surface area contributed by atoms with E-state index < -0.39 is 11.6 Å². The summed E-state index contributed by atoms with van der Waals surface area (Å²) in [6, 6.07) is 9.33. The van der Waals surface area contributed by atoms with Crippen LogP contribution < -0.4 is 5.32 Å². The Balaban J connectivity index is 2.14. The lowest BCUT2D eigenvalue weighted by atomic mass is 9.83. The fraction of sp³-hybridized carbons (Fsp3) is 0.222. The van der Waals surface area contributed by atoms with Gasteiger partial charge in [-0.15, -0.1) is 0 Å². The zero-order valence-corrected chi connectivity index (χ0v) is 12.3. The van der Waals surface area contributed by atoms with Crippen LogP contribution in [-0.4, -0.2) is 18.1 Å². The van der Waals surface area contributed by atoms with Crippen LogP contribution in [-0.2, 0) is 0 Å². The van der Waals surface area contributed by atoms with E-state index in [1.165, 1.54) is 12.1 Å². The van der Waals surface area contributed by atoms with E-state index in [4.69, 9.17) is 0 Å². The van der Waals surface area contributed by atoms with E-state index in [2.05, 4.69) is 12.2 Å². The molecule has 0 atom stereocenters. The Kier molecular flexibility index (Phi) is 3.75. The number of nitrogens with one attached hydrogen (secondary N) is 1. The zero-order valence-electron chi connectivity index (χ0n) is 12.3. The minimum atomic E-state index is -0.649. The molecule has 2 aromatic rings. The van der Waals surface area contributed by atoms with Gasteiger partial charge >= 0.3 is 0 Å². The van der Waals surface area contributed by atoms with E-state index in [-0.39, 0.29) is 22.5 Å². The largest absolute Gasteiger partial charge is 0.384 e. The third-order valence-electron chi connectivity index (χ3n) is 3.87. The van der Waals surface area contributed by atoms with Crippen molar-refractivity contribution in [2.75, 3.05) is 11.9 Å². The highest BCUT2D eigenvalue weighted by Gasteiger charge is 2.33. The number of halogens is 1. The van der Waals surface area contributed by atoms with Crippen LogP contribution in [0.5, 0.6) is 0 Å². The highest BCUT2D eigenvalue weighted by atomic mass is 19.1. The number of carbonyl (C=O) groups excluding carboxylic acids is 2. The summed E-state index contributed by atoms with van der Waals surface area (Å²) < 4.78 is 14.2. The molecule has 0 aliphatic heterocycles. The summed E-state index contributed by atoms with van der Waals surface area (Å²) in [4.78, 5) is 25.2. The van der Waals surface area contributed by atoms with E-state index in [0.717, 1.165) is 12.8 Å². The number of hydrogen-bond donors (Lipinski definition) is 1. The number of hydrogen-bond acceptors (Lipinski definition) is 3. The highest BCUT2D eigenvalue weighted by Crippen LogP contribution is 2.33. The summed E-state index contributed by atoms with van der Waals surface area (Å²) in [5.74, 6) is -1.38. The van der Waals surface area contributed by atoms with Crippen LogP contribution in [0.15, 0.2) is 36.4 Å². The number of fused-ring (bicyclic) bond motifs is 2. The molecule has 0 bridgehead atoms. The van der Waals surface area contributed by atoms with Crippen molar-refractivity contribution in [3.8, 4) is 0 Å². The molecule has 0 amide bonds. The molecular weight excluding hydrogens is 281 g/mol. The van der Waals surface area contributed by atoms with Crippen LogP contribution in [0.2, 0.25) is 0 Å². The maximum Gasteiger partial charge on any atom is 0.197 e. The van der Waals surface area contributed by atoms with Gasteiger partial charge in [-0.3, -0.25) is 9.59 Å². The smallest absolute Gasteiger partial charge is 0.197 e. The fourth-order valence-electron chi connectivity index (χ4n) is 2.73. The molecule has 3 nitrogen and oxygen atoms in total. The Labute approximate surface area is 128 Å². The first-order chi connectivity index (χ1) is 10.6. The minimum Gasteiger partial charge on any atom is -0.384 e. The molecule has 2 aromatic carbocycles. The van der Waals surface area contributed by atoms with E-state index in [1.807, 2.05) is 0 Å². The molecule has 0 aromatic heterocycles. The third kappa shape index (κ3) is 2.21. The third-order valence-corrected chi connectivity index (χ3v) is 3.87. The van der Waals surface area contributed by atoms with Crippen LogP contribution in [0, 0.1) is 5.82 Å². The van der Waals surface area contributed by atoms with Gasteiger partial charge in [0.2, 0.25) is 0 Å². The van der Waals surface area contributed by atoms with Gasteiger partial charge in [0.1, 0.15) is 5.82 Å². The lowest BCUT2D eigenvalue weighted by Crippen LogP contribution is -2.24. The average Bonchev–Trinajstić information content (AvgIpc) is 2.54. The molecule has 0 unspecified atom stereocenters. The summed E-state index contributed by atoms with van der Waals surface area (Å²) in [6.45, 7) is 2.74. The maximum absolute atomic E-state index is 14.2. The second-order valence-corrected chi connectivity index (χ2v) is 5.33. The molecule has 0 heterocycles. The summed E-state index contributed by atoms with van der Waals surface area (Å²) in [5.41, 5.74) is 1.16. The van der Waals surface area contributed by atoms with Crippen molar-refractivity contribution < 1.29 is 14.0 Å². The first-order valence-electron chi connectivity index (χ1n) is 7.40. The van der Waals surface area contributed by atoms with E-state index in [0.29, 0.717) is 17.8 Å². The molecule has 1 aliphatic carbocycles. The summed E-state index contributed by atoms with van der Waals surface area (Å²) in [5, 5.41) is 3.14. The standard InChI is InChI=1S/C18H16FNO2/c1-2-3-10-20-14-9-8-13(19)15-16(14)18(22)12-7-5-4-6-11(12)17(15)21/h4-9,20H,2-3,10H2,1H3. The monoisotopic (exact) mass is 297 g/mol. The molecule has 3 rings (SSSR count). The van der Waals surface area contributed by atoms with Crippen molar-refractivity contribution in [2.24, 2.45) is 0 Å². The topological polar surface area (TPSA) is 46.2 Å². The number of anilines is 1. The van der Waals surface area contributed by atoms with Gasteiger partial charge in [0.15, 0.2) is 11.6 Å². The highest BCUT2D eigenvalue weighted by molar-refractivity contribution is 6.30. The predicted octanol–water partition coefficient (Wildman–Crippen LogP) is 3.81. The molecule has 0 radical (unpaired) electrons. The Bertz CT molecular complexity index is 768. The van der Waals surface area contributed by atoms with Gasteiger partial charge in [0, 0.05) is 23.4 Å². The first kappa shape index (κ1) is 14.4. The van der Waals surface area contributed by atoms with E-state index in [9.17, 15) is 14.0 Å². The molecule has 22 heavy (non-hydrogen) atoms. The lowest BCUT2D eigenvalue weighted by Gasteiger charge is -2.21. The molecular formula is C18H16FNO2. The lowest BCUT2D eigenvalue weighted by molar-refractivity contribution is 0.0976. The Morgan fingerprint density at radius 2 is 1.59 bits per heavy atom. The second kappa shape index (κ2) is 5.72. The quantitative estimate of drug-likeness (QED) is 0.745. The van der Waals surface area contributed by atoms with Crippen molar-refractivity contribution in [2.45, 2.75) is 19.8 Å². The van der Waals surface area contributed by atoms with Crippen LogP contribution >= 0.6 is 0 Å². The van der Waals surface area contributed by atoms with Gasteiger partial charge in [-0.1, -0.05) is 37.6 Å². The Hall–Kier alpha value is -2.49.